The zero-order chi connectivity index (χ0) is 21.4. The maximum atomic E-state index is 11.2. The van der Waals surface area contributed by atoms with Gasteiger partial charge in [-0.25, -0.2) is 0 Å². The molecule has 1 saturated heterocycles. The molecule has 1 aliphatic heterocycles. The predicted octanol–water partition coefficient (Wildman–Crippen LogP) is -0.661. The fraction of sp³-hybridized carbons (Fsp3) is 0.778. The van der Waals surface area contributed by atoms with Crippen LogP contribution in [-0.4, -0.2) is 86.0 Å². The molecule has 10 nitrogen and oxygen atoms in total. The number of hydrogen-bond donors (Lipinski definition) is 6. The first-order valence-electron chi connectivity index (χ1n) is 9.14. The number of carbonyl (C=O) groups is 2. The number of allylic oxidation sites excluding steroid dienone is 2. The summed E-state index contributed by atoms with van der Waals surface area (Å²) in [5.41, 5.74) is 0. The summed E-state index contributed by atoms with van der Waals surface area (Å²) in [7, 11) is 0. The van der Waals surface area contributed by atoms with E-state index in [2.05, 4.69) is 0 Å². The van der Waals surface area contributed by atoms with Gasteiger partial charge in [-0.15, -0.1) is 0 Å². The number of hydrogen-bond acceptors (Lipinski definition) is 8. The van der Waals surface area contributed by atoms with Crippen LogP contribution in [0.25, 0.3) is 0 Å². The van der Waals surface area contributed by atoms with Gasteiger partial charge in [0.15, 0.2) is 6.29 Å². The molecule has 1 fully saturated rings. The summed E-state index contributed by atoms with van der Waals surface area (Å²) in [4.78, 5) is 22.0. The molecule has 1 heterocycles. The van der Waals surface area contributed by atoms with Gasteiger partial charge in [0, 0.05) is 0 Å². The molecular weight excluding hydrogens is 376 g/mol. The predicted molar refractivity (Wildman–Crippen MR) is 95.2 cm³/mol. The van der Waals surface area contributed by atoms with E-state index >= 15 is 0 Å². The lowest BCUT2D eigenvalue weighted by molar-refractivity contribution is -0.314. The third kappa shape index (κ3) is 7.12. The molecule has 28 heavy (non-hydrogen) atoms. The molecule has 0 saturated carbocycles. The van der Waals surface area contributed by atoms with E-state index in [4.69, 9.17) is 19.7 Å². The summed E-state index contributed by atoms with van der Waals surface area (Å²) in [6.45, 7) is 2.68. The Bertz CT molecular complexity index is 534. The summed E-state index contributed by atoms with van der Waals surface area (Å²) < 4.78 is 10.8. The zero-order valence-electron chi connectivity index (χ0n) is 15.9. The smallest absolute Gasteiger partial charge is 0.306 e. The highest BCUT2D eigenvalue weighted by molar-refractivity contribution is 5.69. The van der Waals surface area contributed by atoms with Crippen LogP contribution in [0.1, 0.15) is 33.1 Å². The van der Waals surface area contributed by atoms with Crippen LogP contribution in [-0.2, 0) is 19.1 Å². The van der Waals surface area contributed by atoms with Gasteiger partial charge < -0.3 is 40.1 Å². The van der Waals surface area contributed by atoms with E-state index in [-0.39, 0.29) is 5.92 Å². The number of aliphatic hydroxyl groups is 4. The third-order valence-corrected chi connectivity index (χ3v) is 4.75. The third-order valence-electron chi connectivity index (χ3n) is 4.75. The fourth-order valence-corrected chi connectivity index (χ4v) is 2.77. The SMILES string of the molecule is CC(CC=CCC(C)C(CC(=O)O)OC1OC(CO)C(O)C(O)C1O)C(=O)O. The molecule has 0 aliphatic carbocycles. The van der Waals surface area contributed by atoms with E-state index in [1.54, 1.807) is 26.0 Å². The first-order valence-corrected chi connectivity index (χ1v) is 9.14. The summed E-state index contributed by atoms with van der Waals surface area (Å²) in [6, 6.07) is 0. The molecule has 1 aliphatic rings. The number of ether oxygens (including phenoxy) is 2. The zero-order valence-corrected chi connectivity index (χ0v) is 15.9. The number of aliphatic carboxylic acids is 2. The van der Waals surface area contributed by atoms with Crippen LogP contribution in [0.2, 0.25) is 0 Å². The Hall–Kier alpha value is -1.56. The number of rotatable bonds is 11. The number of carboxylic acids is 2. The lowest BCUT2D eigenvalue weighted by Crippen LogP contribution is -2.60. The topological polar surface area (TPSA) is 174 Å². The summed E-state index contributed by atoms with van der Waals surface area (Å²) >= 11 is 0. The van der Waals surface area contributed by atoms with Gasteiger partial charge in [0.05, 0.1) is 25.0 Å². The Morgan fingerprint density at radius 2 is 1.64 bits per heavy atom. The van der Waals surface area contributed by atoms with Crippen molar-refractivity contribution in [1.82, 2.24) is 0 Å². The minimum atomic E-state index is -1.62. The highest BCUT2D eigenvalue weighted by Gasteiger charge is 2.45. The van der Waals surface area contributed by atoms with Gasteiger partial charge in [-0.2, -0.15) is 0 Å². The molecule has 162 valence electrons. The molecule has 0 bridgehead atoms. The van der Waals surface area contributed by atoms with Gasteiger partial charge in [-0.1, -0.05) is 26.0 Å². The second-order valence-electron chi connectivity index (χ2n) is 7.13. The highest BCUT2D eigenvalue weighted by Crippen LogP contribution is 2.26. The van der Waals surface area contributed by atoms with E-state index < -0.39 is 67.7 Å². The monoisotopic (exact) mass is 406 g/mol. The number of aliphatic hydroxyl groups excluding tert-OH is 4. The van der Waals surface area contributed by atoms with Gasteiger partial charge >= 0.3 is 11.9 Å². The molecular formula is C18H30O10. The van der Waals surface area contributed by atoms with Crippen LogP contribution < -0.4 is 0 Å². The molecule has 0 amide bonds. The molecule has 8 atom stereocenters. The van der Waals surface area contributed by atoms with Crippen molar-refractivity contribution in [2.45, 2.75) is 69.9 Å². The molecule has 0 aromatic carbocycles. The fourth-order valence-electron chi connectivity index (χ4n) is 2.77. The van der Waals surface area contributed by atoms with Gasteiger partial charge in [0.2, 0.25) is 0 Å². The molecule has 0 spiro atoms. The normalized spacial score (nSPS) is 31.4. The average molecular weight is 406 g/mol. The maximum absolute atomic E-state index is 11.2. The van der Waals surface area contributed by atoms with Crippen molar-refractivity contribution in [2.75, 3.05) is 6.61 Å². The second kappa shape index (κ2) is 11.4. The molecule has 0 radical (unpaired) electrons. The highest BCUT2D eigenvalue weighted by atomic mass is 16.7. The van der Waals surface area contributed by atoms with Crippen molar-refractivity contribution in [3.63, 3.8) is 0 Å². The summed E-state index contributed by atoms with van der Waals surface area (Å²) in [5, 5.41) is 56.9. The standard InChI is InChI=1S/C18H30O10/c1-9(5-3-4-6-10(2)17(25)26)11(7-13(20)21)27-18-16(24)15(23)14(22)12(8-19)28-18/h3-4,9-12,14-16,18-19,22-24H,5-8H2,1-2H3,(H,20,21)(H,25,26). The Morgan fingerprint density at radius 1 is 1.04 bits per heavy atom. The van der Waals surface area contributed by atoms with Crippen LogP contribution in [0.4, 0.5) is 0 Å². The van der Waals surface area contributed by atoms with Crippen molar-refractivity contribution < 1.29 is 49.7 Å². The first kappa shape index (κ1) is 24.5. The van der Waals surface area contributed by atoms with Crippen LogP contribution in [0.5, 0.6) is 0 Å². The lowest BCUT2D eigenvalue weighted by Gasteiger charge is -2.41. The lowest BCUT2D eigenvalue weighted by atomic mass is 9.96. The maximum Gasteiger partial charge on any atom is 0.306 e. The van der Waals surface area contributed by atoms with E-state index in [1.807, 2.05) is 0 Å². The van der Waals surface area contributed by atoms with E-state index in [9.17, 15) is 30.0 Å². The number of carboxylic acid groups (broad SMARTS) is 2. The van der Waals surface area contributed by atoms with Crippen molar-refractivity contribution >= 4 is 11.9 Å². The van der Waals surface area contributed by atoms with Crippen molar-refractivity contribution in [1.29, 1.82) is 0 Å². The van der Waals surface area contributed by atoms with Gasteiger partial charge in [-0.05, 0) is 18.8 Å². The summed E-state index contributed by atoms with van der Waals surface area (Å²) in [5.74, 6) is -2.91. The van der Waals surface area contributed by atoms with Gasteiger partial charge in [0.1, 0.15) is 24.4 Å². The largest absolute Gasteiger partial charge is 0.481 e. The quantitative estimate of drug-likeness (QED) is 0.242. The van der Waals surface area contributed by atoms with Crippen molar-refractivity contribution in [2.24, 2.45) is 11.8 Å². The van der Waals surface area contributed by atoms with Crippen LogP contribution in [0.3, 0.4) is 0 Å². The Kier molecular flexibility index (Phi) is 10.0. The van der Waals surface area contributed by atoms with Crippen LogP contribution >= 0.6 is 0 Å². The first-order chi connectivity index (χ1) is 13.1. The molecule has 8 unspecified atom stereocenters. The minimum Gasteiger partial charge on any atom is -0.481 e. The van der Waals surface area contributed by atoms with Crippen molar-refractivity contribution in [3.05, 3.63) is 12.2 Å². The molecule has 10 heteroatoms. The van der Waals surface area contributed by atoms with E-state index in [1.165, 1.54) is 0 Å². The Balaban J connectivity index is 2.74. The van der Waals surface area contributed by atoms with Crippen LogP contribution in [0.15, 0.2) is 12.2 Å². The molecule has 0 aromatic heterocycles. The Morgan fingerprint density at radius 3 is 2.18 bits per heavy atom. The molecule has 1 rings (SSSR count). The van der Waals surface area contributed by atoms with Gasteiger partial charge in [-0.3, -0.25) is 9.59 Å². The van der Waals surface area contributed by atoms with Crippen molar-refractivity contribution in [3.8, 4) is 0 Å². The van der Waals surface area contributed by atoms with Gasteiger partial charge in [0.25, 0.3) is 0 Å². The van der Waals surface area contributed by atoms with E-state index in [0.717, 1.165) is 0 Å². The molecule has 0 aromatic rings. The summed E-state index contributed by atoms with van der Waals surface area (Å²) in [6.07, 6.45) is -4.47. The van der Waals surface area contributed by atoms with Crippen LogP contribution in [0, 0.1) is 11.8 Å². The average Bonchev–Trinajstić information content (AvgIpc) is 2.63. The van der Waals surface area contributed by atoms with E-state index in [0.29, 0.717) is 12.8 Å². The molecule has 6 N–H and O–H groups in total. The second-order valence-corrected chi connectivity index (χ2v) is 7.13. The minimum absolute atomic E-state index is 0.333. The Labute approximate surface area is 163 Å².